The first-order valence-electron chi connectivity index (χ1n) is 5.18. The van der Waals surface area contributed by atoms with Crippen molar-refractivity contribution in [2.75, 3.05) is 6.61 Å². The summed E-state index contributed by atoms with van der Waals surface area (Å²) in [6.07, 6.45) is 2.75. The van der Waals surface area contributed by atoms with E-state index in [0.29, 0.717) is 12.5 Å². The van der Waals surface area contributed by atoms with Gasteiger partial charge in [0.2, 0.25) is 0 Å². The van der Waals surface area contributed by atoms with Gasteiger partial charge in [0.25, 0.3) is 0 Å². The van der Waals surface area contributed by atoms with Crippen molar-refractivity contribution in [3.63, 3.8) is 0 Å². The maximum atomic E-state index is 5.70. The fraction of sp³-hybridized carbons (Fsp3) is 0.385. The summed E-state index contributed by atoms with van der Waals surface area (Å²) < 4.78 is 6.80. The third-order valence-corrected chi connectivity index (χ3v) is 2.67. The highest BCUT2D eigenvalue weighted by atomic mass is 79.9. The summed E-state index contributed by atoms with van der Waals surface area (Å²) in [6, 6.07) is 6.14. The standard InChI is InChI=1S/C13H17BrO/c1-4-5-8-15-13-7-6-11(14)9-12(13)10(2)3/h4,6-7,9-10H,1,5,8H2,2-3H3. The molecule has 0 unspecified atom stereocenters. The van der Waals surface area contributed by atoms with Crippen molar-refractivity contribution >= 4 is 15.9 Å². The third kappa shape index (κ3) is 3.71. The first-order chi connectivity index (χ1) is 7.15. The lowest BCUT2D eigenvalue weighted by molar-refractivity contribution is 0.320. The molecule has 1 aromatic carbocycles. The van der Waals surface area contributed by atoms with Crippen LogP contribution in [-0.4, -0.2) is 6.61 Å². The molecule has 0 fully saturated rings. The van der Waals surface area contributed by atoms with Gasteiger partial charge in [-0.25, -0.2) is 0 Å². The molecule has 0 atom stereocenters. The van der Waals surface area contributed by atoms with Crippen LogP contribution in [0.15, 0.2) is 35.3 Å². The Morgan fingerprint density at radius 1 is 1.47 bits per heavy atom. The SMILES string of the molecule is C=CCCOc1ccc(Br)cc1C(C)C. The van der Waals surface area contributed by atoms with Crippen LogP contribution in [0.2, 0.25) is 0 Å². The fourth-order valence-electron chi connectivity index (χ4n) is 1.35. The van der Waals surface area contributed by atoms with Crippen LogP contribution in [-0.2, 0) is 0 Å². The van der Waals surface area contributed by atoms with E-state index in [4.69, 9.17) is 4.74 Å². The molecule has 0 aliphatic carbocycles. The molecule has 0 N–H and O–H groups in total. The van der Waals surface area contributed by atoms with Crippen molar-refractivity contribution in [1.82, 2.24) is 0 Å². The average molecular weight is 269 g/mol. The van der Waals surface area contributed by atoms with Crippen LogP contribution >= 0.6 is 15.9 Å². The van der Waals surface area contributed by atoms with Crippen LogP contribution in [0.25, 0.3) is 0 Å². The van der Waals surface area contributed by atoms with Gasteiger partial charge in [0.05, 0.1) is 6.61 Å². The van der Waals surface area contributed by atoms with E-state index in [2.05, 4.69) is 42.4 Å². The largest absolute Gasteiger partial charge is 0.493 e. The first-order valence-corrected chi connectivity index (χ1v) is 5.97. The maximum absolute atomic E-state index is 5.70. The zero-order chi connectivity index (χ0) is 11.3. The summed E-state index contributed by atoms with van der Waals surface area (Å²) in [5.74, 6) is 1.45. The van der Waals surface area contributed by atoms with Crippen LogP contribution in [0.5, 0.6) is 5.75 Å². The molecule has 0 aliphatic heterocycles. The Morgan fingerprint density at radius 3 is 2.80 bits per heavy atom. The van der Waals surface area contributed by atoms with Gasteiger partial charge in [0.15, 0.2) is 0 Å². The highest BCUT2D eigenvalue weighted by Crippen LogP contribution is 2.29. The molecule has 0 bridgehead atoms. The van der Waals surface area contributed by atoms with Crippen LogP contribution in [0.3, 0.4) is 0 Å². The van der Waals surface area contributed by atoms with E-state index < -0.39 is 0 Å². The monoisotopic (exact) mass is 268 g/mol. The molecule has 0 aliphatic rings. The molecule has 0 amide bonds. The molecule has 0 saturated heterocycles. The van der Waals surface area contributed by atoms with E-state index in [9.17, 15) is 0 Å². The van der Waals surface area contributed by atoms with Crippen LogP contribution in [0.1, 0.15) is 31.7 Å². The Kier molecular flexibility index (Phi) is 4.89. The van der Waals surface area contributed by atoms with Gasteiger partial charge in [-0.1, -0.05) is 35.9 Å². The number of ether oxygens (including phenoxy) is 1. The summed E-state index contributed by atoms with van der Waals surface area (Å²) >= 11 is 3.47. The Morgan fingerprint density at radius 2 is 2.20 bits per heavy atom. The number of hydrogen-bond acceptors (Lipinski definition) is 1. The summed E-state index contributed by atoms with van der Waals surface area (Å²) in [4.78, 5) is 0. The Labute approximate surface area is 100 Å². The van der Waals surface area contributed by atoms with Gasteiger partial charge < -0.3 is 4.74 Å². The predicted octanol–water partition coefficient (Wildman–Crippen LogP) is 4.53. The molecule has 0 spiro atoms. The lowest BCUT2D eigenvalue weighted by Crippen LogP contribution is -2.00. The molecular formula is C13H17BrO. The normalized spacial score (nSPS) is 10.4. The van der Waals surface area contributed by atoms with Crippen LogP contribution in [0.4, 0.5) is 0 Å². The minimum absolute atomic E-state index is 0.473. The summed E-state index contributed by atoms with van der Waals surface area (Å²) in [5, 5.41) is 0. The van der Waals surface area contributed by atoms with Gasteiger partial charge in [0, 0.05) is 4.47 Å². The minimum Gasteiger partial charge on any atom is -0.493 e. The van der Waals surface area contributed by atoms with Crippen LogP contribution in [0, 0.1) is 0 Å². The van der Waals surface area contributed by atoms with Crippen molar-refractivity contribution in [1.29, 1.82) is 0 Å². The van der Waals surface area contributed by atoms with E-state index in [1.165, 1.54) is 5.56 Å². The third-order valence-electron chi connectivity index (χ3n) is 2.17. The lowest BCUT2D eigenvalue weighted by atomic mass is 10.0. The van der Waals surface area contributed by atoms with E-state index in [0.717, 1.165) is 16.6 Å². The fourth-order valence-corrected chi connectivity index (χ4v) is 1.73. The highest BCUT2D eigenvalue weighted by molar-refractivity contribution is 9.10. The smallest absolute Gasteiger partial charge is 0.122 e. The second kappa shape index (κ2) is 5.96. The number of benzene rings is 1. The van der Waals surface area contributed by atoms with E-state index >= 15 is 0 Å². The van der Waals surface area contributed by atoms with Crippen LogP contribution < -0.4 is 4.74 Å². The Balaban J connectivity index is 2.81. The second-order valence-corrected chi connectivity index (χ2v) is 4.68. The topological polar surface area (TPSA) is 9.23 Å². The zero-order valence-corrected chi connectivity index (χ0v) is 10.9. The highest BCUT2D eigenvalue weighted by Gasteiger charge is 2.07. The molecule has 0 heterocycles. The van der Waals surface area contributed by atoms with Crippen molar-refractivity contribution in [2.24, 2.45) is 0 Å². The minimum atomic E-state index is 0.473. The average Bonchev–Trinajstić information content (AvgIpc) is 2.20. The molecular weight excluding hydrogens is 252 g/mol. The summed E-state index contributed by atoms with van der Waals surface area (Å²) in [7, 11) is 0. The molecule has 15 heavy (non-hydrogen) atoms. The second-order valence-electron chi connectivity index (χ2n) is 3.76. The number of rotatable bonds is 5. The Bertz CT molecular complexity index is 331. The summed E-state index contributed by atoms with van der Waals surface area (Å²) in [6.45, 7) is 8.71. The van der Waals surface area contributed by atoms with Gasteiger partial charge in [-0.15, -0.1) is 6.58 Å². The van der Waals surface area contributed by atoms with Gasteiger partial charge in [-0.2, -0.15) is 0 Å². The van der Waals surface area contributed by atoms with Gasteiger partial charge in [-0.05, 0) is 36.1 Å². The molecule has 2 heteroatoms. The number of hydrogen-bond donors (Lipinski definition) is 0. The van der Waals surface area contributed by atoms with Crippen molar-refractivity contribution in [3.05, 3.63) is 40.9 Å². The first kappa shape index (κ1) is 12.3. The zero-order valence-electron chi connectivity index (χ0n) is 9.29. The van der Waals surface area contributed by atoms with E-state index in [-0.39, 0.29) is 0 Å². The van der Waals surface area contributed by atoms with Crippen molar-refractivity contribution in [3.8, 4) is 5.75 Å². The summed E-state index contributed by atoms with van der Waals surface area (Å²) in [5.41, 5.74) is 1.24. The van der Waals surface area contributed by atoms with Crippen molar-refractivity contribution < 1.29 is 4.74 Å². The number of halogens is 1. The predicted molar refractivity (Wildman–Crippen MR) is 68.5 cm³/mol. The molecule has 1 aromatic rings. The van der Waals surface area contributed by atoms with Gasteiger partial charge >= 0.3 is 0 Å². The quantitative estimate of drug-likeness (QED) is 0.563. The molecule has 0 radical (unpaired) electrons. The van der Waals surface area contributed by atoms with E-state index in [1.807, 2.05) is 18.2 Å². The van der Waals surface area contributed by atoms with Gasteiger partial charge in [0.1, 0.15) is 5.75 Å². The van der Waals surface area contributed by atoms with Gasteiger partial charge in [-0.3, -0.25) is 0 Å². The Hall–Kier alpha value is -0.760. The molecule has 1 nitrogen and oxygen atoms in total. The van der Waals surface area contributed by atoms with Crippen molar-refractivity contribution in [2.45, 2.75) is 26.2 Å². The molecule has 0 aromatic heterocycles. The van der Waals surface area contributed by atoms with E-state index in [1.54, 1.807) is 0 Å². The molecule has 1 rings (SSSR count). The maximum Gasteiger partial charge on any atom is 0.122 e. The lowest BCUT2D eigenvalue weighted by Gasteiger charge is -2.13. The molecule has 82 valence electrons. The molecule has 0 saturated carbocycles.